The van der Waals surface area contributed by atoms with Crippen LogP contribution in [0.1, 0.15) is 35.7 Å². The van der Waals surface area contributed by atoms with Gasteiger partial charge in [-0.05, 0) is 42.7 Å². The largest absolute Gasteiger partial charge is 0.478 e. The summed E-state index contributed by atoms with van der Waals surface area (Å²) in [6.07, 6.45) is 2.39. The van der Waals surface area contributed by atoms with Crippen LogP contribution in [0, 0.1) is 4.78 Å². The van der Waals surface area contributed by atoms with Gasteiger partial charge in [-0.1, -0.05) is 61.9 Å². The Morgan fingerprint density at radius 1 is 1.03 bits per heavy atom. The van der Waals surface area contributed by atoms with Crippen molar-refractivity contribution in [1.82, 2.24) is 4.72 Å². The number of hydrogen-bond donors (Lipinski definition) is 4. The summed E-state index contributed by atoms with van der Waals surface area (Å²) in [4.78, 5) is 11.8. The van der Waals surface area contributed by atoms with E-state index in [-0.39, 0.29) is 22.8 Å². The summed E-state index contributed by atoms with van der Waals surface area (Å²) in [7, 11) is -3.57. The fourth-order valence-electron chi connectivity index (χ4n) is 3.24. The van der Waals surface area contributed by atoms with E-state index in [0.717, 1.165) is 18.4 Å². The van der Waals surface area contributed by atoms with Crippen molar-refractivity contribution in [2.75, 3.05) is 18.4 Å². The van der Waals surface area contributed by atoms with Gasteiger partial charge in [-0.2, -0.15) is 0 Å². The summed E-state index contributed by atoms with van der Waals surface area (Å²) in [5.74, 6) is -0.477. The van der Waals surface area contributed by atoms with Crippen molar-refractivity contribution in [3.63, 3.8) is 0 Å². The van der Waals surface area contributed by atoms with Crippen molar-refractivity contribution < 1.29 is 18.8 Å². The molecule has 8 heteroatoms. The Hall–Kier alpha value is -3.36. The van der Waals surface area contributed by atoms with Gasteiger partial charge in [0, 0.05) is 13.1 Å². The molecule has 0 spiro atoms. The Bertz CT molecular complexity index is 1170. The first-order valence-electron chi connectivity index (χ1n) is 10.9. The summed E-state index contributed by atoms with van der Waals surface area (Å²) in [5, 5.41) is 12.8. The lowest BCUT2D eigenvalue weighted by Crippen LogP contribution is -2.26. The van der Waals surface area contributed by atoms with Crippen LogP contribution < -0.4 is 14.8 Å². The number of carboxylic acids is 1. The Balaban J connectivity index is 1.99. The summed E-state index contributed by atoms with van der Waals surface area (Å²) in [5.41, 5.74) is 1.38. The maximum atomic E-state index is 13.5. The highest BCUT2D eigenvalue weighted by Gasteiger charge is 2.23. The molecular formula is C25H29N3O4S. The Kier molecular flexibility index (Phi) is 8.46. The molecule has 7 nitrogen and oxygen atoms in total. The number of benzene rings is 3. The van der Waals surface area contributed by atoms with Gasteiger partial charge < -0.3 is 15.2 Å². The molecule has 0 aliphatic heterocycles. The first kappa shape index (κ1) is 24.3. The highest BCUT2D eigenvalue weighted by molar-refractivity contribution is 7.90. The quantitative estimate of drug-likeness (QED) is 0.261. The molecule has 0 radical (unpaired) electrons. The number of rotatable bonds is 12. The smallest absolute Gasteiger partial charge is 0.335 e. The van der Waals surface area contributed by atoms with Crippen LogP contribution in [0.25, 0.3) is 0 Å². The van der Waals surface area contributed by atoms with Crippen LogP contribution >= 0.6 is 0 Å². The fourth-order valence-corrected chi connectivity index (χ4v) is 4.49. The number of anilines is 1. The van der Waals surface area contributed by atoms with Gasteiger partial charge in [-0.25, -0.2) is 18.5 Å². The highest BCUT2D eigenvalue weighted by atomic mass is 32.2. The number of hydrogen-bond acceptors (Lipinski definition) is 5. The van der Waals surface area contributed by atoms with Crippen LogP contribution in [0.4, 0.5) is 5.69 Å². The minimum absolute atomic E-state index is 0.00156. The highest BCUT2D eigenvalue weighted by Crippen LogP contribution is 2.38. The molecule has 0 saturated carbocycles. The zero-order valence-corrected chi connectivity index (χ0v) is 19.4. The third kappa shape index (κ3) is 6.81. The van der Waals surface area contributed by atoms with Crippen molar-refractivity contribution in [2.45, 2.75) is 31.1 Å². The predicted octanol–water partition coefficient (Wildman–Crippen LogP) is 5.54. The minimum atomic E-state index is -3.57. The lowest BCUT2D eigenvalue weighted by Gasteiger charge is -2.20. The normalized spacial score (nSPS) is 12.6. The molecule has 0 fully saturated rings. The molecule has 0 aromatic heterocycles. The van der Waals surface area contributed by atoms with Crippen LogP contribution in [-0.4, -0.2) is 28.4 Å². The van der Waals surface area contributed by atoms with Crippen LogP contribution in [0.15, 0.2) is 77.7 Å². The van der Waals surface area contributed by atoms with E-state index >= 15 is 0 Å². The minimum Gasteiger partial charge on any atom is -0.478 e. The number of unbranched alkanes of at least 4 members (excludes halogenated alkanes) is 1. The van der Waals surface area contributed by atoms with Crippen LogP contribution in [-0.2, 0) is 16.3 Å². The van der Waals surface area contributed by atoms with E-state index in [1.165, 1.54) is 12.1 Å². The number of nitrogens with one attached hydrogen (secondary N) is 3. The Labute approximate surface area is 194 Å². The van der Waals surface area contributed by atoms with E-state index in [1.54, 1.807) is 24.3 Å². The summed E-state index contributed by atoms with van der Waals surface area (Å²) >= 11 is 0. The lowest BCUT2D eigenvalue weighted by molar-refractivity contribution is 0.0696. The first-order valence-corrected chi connectivity index (χ1v) is 12.4. The van der Waals surface area contributed by atoms with Crippen molar-refractivity contribution in [3.8, 4) is 11.5 Å². The molecule has 3 aromatic carbocycles. The van der Waals surface area contributed by atoms with Crippen LogP contribution in [0.2, 0.25) is 0 Å². The van der Waals surface area contributed by atoms with Crippen molar-refractivity contribution in [3.05, 3.63) is 83.9 Å². The van der Waals surface area contributed by atoms with Crippen LogP contribution in [0.5, 0.6) is 11.5 Å². The van der Waals surface area contributed by atoms with E-state index < -0.39 is 15.9 Å². The molecule has 0 amide bonds. The number of carbonyl (C=O) groups is 1. The zero-order valence-electron chi connectivity index (χ0n) is 18.5. The van der Waals surface area contributed by atoms with Crippen molar-refractivity contribution >= 4 is 21.6 Å². The standard InChI is InChI=1S/C25H29N3O4S/c1-2-3-15-27-22-17-20(25(29)30)18-23(24(22)32-21-12-8-5-9-13-21)33(26,31)28-16-14-19-10-6-4-7-11-19/h4-13,17-18,27H,2-3,14-16H2,1H3,(H,29,30)(H2,26,28,31). The third-order valence-electron chi connectivity index (χ3n) is 4.98. The van der Waals surface area contributed by atoms with Gasteiger partial charge in [0.2, 0.25) is 0 Å². The zero-order chi connectivity index (χ0) is 23.7. The second kappa shape index (κ2) is 11.5. The molecule has 3 aromatic rings. The summed E-state index contributed by atoms with van der Waals surface area (Å²) in [6, 6.07) is 21.3. The molecule has 1 unspecified atom stereocenters. The van der Waals surface area contributed by atoms with Gasteiger partial charge in [-0.3, -0.25) is 0 Å². The molecule has 4 N–H and O–H groups in total. The Morgan fingerprint density at radius 3 is 2.33 bits per heavy atom. The molecule has 0 saturated heterocycles. The van der Waals surface area contributed by atoms with Gasteiger partial charge in [0.05, 0.1) is 11.3 Å². The number of aromatic carboxylic acids is 1. The SMILES string of the molecule is CCCCNc1cc(C(=O)O)cc(S(=N)(=O)NCCc2ccccc2)c1Oc1ccccc1. The van der Waals surface area contributed by atoms with Gasteiger partial charge in [0.25, 0.3) is 0 Å². The molecular weight excluding hydrogens is 438 g/mol. The molecule has 33 heavy (non-hydrogen) atoms. The molecule has 1 atom stereocenters. The fraction of sp³-hybridized carbons (Fsp3) is 0.240. The topological polar surface area (TPSA) is 112 Å². The molecule has 0 aliphatic rings. The molecule has 0 aliphatic carbocycles. The maximum Gasteiger partial charge on any atom is 0.335 e. The van der Waals surface area contributed by atoms with Gasteiger partial charge in [0.15, 0.2) is 5.75 Å². The third-order valence-corrected chi connectivity index (χ3v) is 6.52. The monoisotopic (exact) mass is 467 g/mol. The Morgan fingerprint density at radius 2 is 1.70 bits per heavy atom. The molecule has 3 rings (SSSR count). The number of carboxylic acid groups (broad SMARTS) is 1. The van der Waals surface area contributed by atoms with Crippen molar-refractivity contribution in [1.29, 1.82) is 4.78 Å². The van der Waals surface area contributed by atoms with Gasteiger partial charge in [-0.15, -0.1) is 0 Å². The second-order valence-electron chi connectivity index (χ2n) is 7.54. The van der Waals surface area contributed by atoms with Gasteiger partial charge >= 0.3 is 5.97 Å². The average Bonchev–Trinajstić information content (AvgIpc) is 2.81. The summed E-state index contributed by atoms with van der Waals surface area (Å²) in [6.45, 7) is 2.92. The van der Waals surface area contributed by atoms with Gasteiger partial charge in [0.1, 0.15) is 20.6 Å². The van der Waals surface area contributed by atoms with E-state index in [1.807, 2.05) is 36.4 Å². The second-order valence-corrected chi connectivity index (χ2v) is 9.38. The van der Waals surface area contributed by atoms with Crippen molar-refractivity contribution in [2.24, 2.45) is 0 Å². The lowest BCUT2D eigenvalue weighted by atomic mass is 10.1. The summed E-state index contributed by atoms with van der Waals surface area (Å²) < 4.78 is 31.0. The molecule has 0 heterocycles. The molecule has 174 valence electrons. The predicted molar refractivity (Wildman–Crippen MR) is 131 cm³/mol. The maximum absolute atomic E-state index is 13.5. The van der Waals surface area contributed by atoms with E-state index in [4.69, 9.17) is 9.52 Å². The number of ether oxygens (including phenoxy) is 1. The first-order chi connectivity index (χ1) is 15.9. The molecule has 0 bridgehead atoms. The number of para-hydroxylation sites is 1. The van der Waals surface area contributed by atoms with E-state index in [9.17, 15) is 14.1 Å². The average molecular weight is 468 g/mol. The van der Waals surface area contributed by atoms with Crippen LogP contribution in [0.3, 0.4) is 0 Å². The van der Waals surface area contributed by atoms with E-state index in [2.05, 4.69) is 17.0 Å². The van der Waals surface area contributed by atoms with E-state index in [0.29, 0.717) is 24.4 Å².